The predicted molar refractivity (Wildman–Crippen MR) is 84.3 cm³/mol. The Kier molecular flexibility index (Phi) is 10.8. The van der Waals surface area contributed by atoms with Crippen LogP contribution in [0.3, 0.4) is 0 Å². The first-order valence-electron chi connectivity index (χ1n) is 7.92. The predicted octanol–water partition coefficient (Wildman–Crippen LogP) is 3.20. The molecular formula is C15H31NO3S. The summed E-state index contributed by atoms with van der Waals surface area (Å²) in [6.07, 6.45) is 11.6. The van der Waals surface area contributed by atoms with Crippen molar-refractivity contribution in [3.63, 3.8) is 0 Å². The van der Waals surface area contributed by atoms with Gasteiger partial charge in [-0.1, -0.05) is 64.7 Å². The smallest absolute Gasteiger partial charge is 0.235 e. The van der Waals surface area contributed by atoms with Crippen molar-refractivity contribution in [3.05, 3.63) is 0 Å². The Morgan fingerprint density at radius 3 is 1.70 bits per heavy atom. The SMILES string of the molecule is CCCCCCCCCCCCS(=O)(=O)C(C)C(N)=O. The molecule has 1 amide bonds. The Morgan fingerprint density at radius 2 is 1.30 bits per heavy atom. The molecule has 0 aliphatic rings. The lowest BCUT2D eigenvalue weighted by Crippen LogP contribution is -2.34. The molecule has 0 saturated heterocycles. The third-order valence-electron chi connectivity index (χ3n) is 3.72. The zero-order valence-electron chi connectivity index (χ0n) is 13.1. The average Bonchev–Trinajstić information content (AvgIpc) is 2.39. The van der Waals surface area contributed by atoms with Crippen molar-refractivity contribution >= 4 is 15.7 Å². The number of hydrogen-bond acceptors (Lipinski definition) is 3. The van der Waals surface area contributed by atoms with E-state index in [0.29, 0.717) is 6.42 Å². The Hall–Kier alpha value is -0.580. The summed E-state index contributed by atoms with van der Waals surface area (Å²) in [6.45, 7) is 3.58. The summed E-state index contributed by atoms with van der Waals surface area (Å²) in [4.78, 5) is 10.9. The van der Waals surface area contributed by atoms with Crippen LogP contribution in [0.4, 0.5) is 0 Å². The number of primary amides is 1. The van der Waals surface area contributed by atoms with Crippen LogP contribution in [0.5, 0.6) is 0 Å². The zero-order valence-corrected chi connectivity index (χ0v) is 13.9. The number of rotatable bonds is 13. The van der Waals surface area contributed by atoms with Gasteiger partial charge in [-0.05, 0) is 13.3 Å². The fourth-order valence-electron chi connectivity index (χ4n) is 2.14. The number of unbranched alkanes of at least 4 members (excludes halogenated alkanes) is 9. The highest BCUT2D eigenvalue weighted by Gasteiger charge is 2.24. The summed E-state index contributed by atoms with van der Waals surface area (Å²) in [5.41, 5.74) is 5.02. The van der Waals surface area contributed by atoms with Gasteiger partial charge >= 0.3 is 0 Å². The highest BCUT2D eigenvalue weighted by atomic mass is 32.2. The van der Waals surface area contributed by atoms with Crippen LogP contribution in [0, 0.1) is 0 Å². The van der Waals surface area contributed by atoms with Crippen LogP contribution in [-0.2, 0) is 14.6 Å². The molecule has 20 heavy (non-hydrogen) atoms. The molecule has 1 unspecified atom stereocenters. The summed E-state index contributed by atoms with van der Waals surface area (Å²) in [5, 5.41) is -1.05. The highest BCUT2D eigenvalue weighted by molar-refractivity contribution is 7.92. The molecule has 2 N–H and O–H groups in total. The third kappa shape index (κ3) is 9.34. The molecule has 0 aliphatic heterocycles. The minimum absolute atomic E-state index is 0.0770. The van der Waals surface area contributed by atoms with Gasteiger partial charge in [-0.25, -0.2) is 8.42 Å². The first-order chi connectivity index (χ1) is 9.41. The van der Waals surface area contributed by atoms with E-state index < -0.39 is 21.0 Å². The number of hydrogen-bond donors (Lipinski definition) is 1. The lowest BCUT2D eigenvalue weighted by Gasteiger charge is -2.09. The molecule has 0 saturated carbocycles. The number of amides is 1. The molecule has 0 spiro atoms. The van der Waals surface area contributed by atoms with Crippen LogP contribution in [0.2, 0.25) is 0 Å². The number of nitrogens with two attached hydrogens (primary N) is 1. The quantitative estimate of drug-likeness (QED) is 0.531. The number of sulfone groups is 1. The molecule has 0 bridgehead atoms. The first-order valence-corrected chi connectivity index (χ1v) is 9.64. The van der Waals surface area contributed by atoms with Gasteiger partial charge in [-0.2, -0.15) is 0 Å². The molecular weight excluding hydrogens is 274 g/mol. The molecule has 0 heterocycles. The Balaban J connectivity index is 3.51. The number of carbonyl (C=O) groups is 1. The van der Waals surface area contributed by atoms with Gasteiger partial charge in [0, 0.05) is 0 Å². The molecule has 0 aliphatic carbocycles. The second-order valence-electron chi connectivity index (χ2n) is 5.59. The van der Waals surface area contributed by atoms with Crippen molar-refractivity contribution < 1.29 is 13.2 Å². The van der Waals surface area contributed by atoms with Crippen LogP contribution in [0.1, 0.15) is 78.1 Å². The Labute approximate surface area is 124 Å². The van der Waals surface area contributed by atoms with Crippen molar-refractivity contribution in [3.8, 4) is 0 Å². The lowest BCUT2D eigenvalue weighted by atomic mass is 10.1. The highest BCUT2D eigenvalue weighted by Crippen LogP contribution is 2.12. The fourth-order valence-corrected chi connectivity index (χ4v) is 3.46. The van der Waals surface area contributed by atoms with E-state index >= 15 is 0 Å². The van der Waals surface area contributed by atoms with E-state index in [0.717, 1.165) is 12.8 Å². The van der Waals surface area contributed by atoms with Gasteiger partial charge in [0.05, 0.1) is 5.75 Å². The van der Waals surface area contributed by atoms with Crippen molar-refractivity contribution in [1.82, 2.24) is 0 Å². The topological polar surface area (TPSA) is 77.2 Å². The lowest BCUT2D eigenvalue weighted by molar-refractivity contribution is -0.117. The first kappa shape index (κ1) is 19.4. The van der Waals surface area contributed by atoms with Crippen LogP contribution >= 0.6 is 0 Å². The standard InChI is InChI=1S/C15H31NO3S/c1-3-4-5-6-7-8-9-10-11-12-13-20(18,19)14(2)15(16)17/h14H,3-13H2,1-2H3,(H2,16,17). The Morgan fingerprint density at radius 1 is 0.900 bits per heavy atom. The minimum atomic E-state index is -3.34. The van der Waals surface area contributed by atoms with Crippen molar-refractivity contribution in [2.24, 2.45) is 5.73 Å². The summed E-state index contributed by atoms with van der Waals surface area (Å²) in [5.74, 6) is -0.676. The maximum absolute atomic E-state index is 11.7. The molecule has 120 valence electrons. The minimum Gasteiger partial charge on any atom is -0.369 e. The third-order valence-corrected chi connectivity index (χ3v) is 5.89. The van der Waals surface area contributed by atoms with Gasteiger partial charge in [-0.3, -0.25) is 4.79 Å². The average molecular weight is 305 g/mol. The summed E-state index contributed by atoms with van der Waals surface area (Å²) in [7, 11) is -3.34. The largest absolute Gasteiger partial charge is 0.369 e. The van der Waals surface area contributed by atoms with Crippen LogP contribution in [0.15, 0.2) is 0 Å². The van der Waals surface area contributed by atoms with Crippen LogP contribution < -0.4 is 5.73 Å². The number of carbonyl (C=O) groups excluding carboxylic acids is 1. The van der Waals surface area contributed by atoms with E-state index in [2.05, 4.69) is 6.92 Å². The van der Waals surface area contributed by atoms with E-state index in [4.69, 9.17) is 5.73 Å². The van der Waals surface area contributed by atoms with Gasteiger partial charge in [-0.15, -0.1) is 0 Å². The molecule has 4 nitrogen and oxygen atoms in total. The molecule has 0 rings (SSSR count). The summed E-state index contributed by atoms with van der Waals surface area (Å²) in [6, 6.07) is 0. The second kappa shape index (κ2) is 11.1. The maximum Gasteiger partial charge on any atom is 0.235 e. The molecule has 0 aromatic heterocycles. The Bertz CT molecular complexity index is 352. The van der Waals surface area contributed by atoms with Crippen molar-refractivity contribution in [2.75, 3.05) is 5.75 Å². The molecule has 5 heteroatoms. The van der Waals surface area contributed by atoms with E-state index in [1.165, 1.54) is 51.9 Å². The van der Waals surface area contributed by atoms with Gasteiger partial charge in [0.15, 0.2) is 9.84 Å². The van der Waals surface area contributed by atoms with E-state index in [1.54, 1.807) is 0 Å². The van der Waals surface area contributed by atoms with E-state index in [9.17, 15) is 13.2 Å². The normalized spacial score (nSPS) is 13.3. The van der Waals surface area contributed by atoms with Gasteiger partial charge in [0.25, 0.3) is 0 Å². The summed E-state index contributed by atoms with van der Waals surface area (Å²) < 4.78 is 23.4. The zero-order chi connectivity index (χ0) is 15.4. The van der Waals surface area contributed by atoms with E-state index in [-0.39, 0.29) is 5.75 Å². The molecule has 0 fully saturated rings. The molecule has 1 atom stereocenters. The molecule has 0 radical (unpaired) electrons. The van der Waals surface area contributed by atoms with Crippen molar-refractivity contribution in [2.45, 2.75) is 83.3 Å². The van der Waals surface area contributed by atoms with Crippen LogP contribution in [-0.4, -0.2) is 25.3 Å². The monoisotopic (exact) mass is 305 g/mol. The molecule has 0 aromatic carbocycles. The fraction of sp³-hybridized carbons (Fsp3) is 0.933. The van der Waals surface area contributed by atoms with Crippen molar-refractivity contribution in [1.29, 1.82) is 0 Å². The second-order valence-corrected chi connectivity index (χ2v) is 8.03. The maximum atomic E-state index is 11.7. The van der Waals surface area contributed by atoms with Gasteiger partial charge in [0.1, 0.15) is 5.25 Å². The van der Waals surface area contributed by atoms with Crippen LogP contribution in [0.25, 0.3) is 0 Å². The van der Waals surface area contributed by atoms with E-state index in [1.807, 2.05) is 0 Å². The van der Waals surface area contributed by atoms with Gasteiger partial charge < -0.3 is 5.73 Å². The van der Waals surface area contributed by atoms with Gasteiger partial charge in [0.2, 0.25) is 5.91 Å². The summed E-state index contributed by atoms with van der Waals surface area (Å²) >= 11 is 0. The molecule has 0 aromatic rings.